The molecule has 0 saturated heterocycles. The van der Waals surface area contributed by atoms with Gasteiger partial charge in [-0.25, -0.2) is 5.43 Å². The minimum Gasteiger partial charge on any atom is -0.497 e. The quantitative estimate of drug-likeness (QED) is 0.287. The van der Waals surface area contributed by atoms with E-state index in [1.807, 2.05) is 54.6 Å². The molecule has 2 N–H and O–H groups in total. The van der Waals surface area contributed by atoms with Crippen LogP contribution in [0.2, 0.25) is 0 Å². The number of hydrogen-bond donors (Lipinski definition) is 2. The summed E-state index contributed by atoms with van der Waals surface area (Å²) in [6.45, 7) is 0.471. The number of benzene rings is 3. The second-order valence-corrected chi connectivity index (χ2v) is 7.28. The zero-order valence-corrected chi connectivity index (χ0v) is 18.8. The average molecular weight is 457 g/mol. The molecule has 3 aromatic carbocycles. The van der Waals surface area contributed by atoms with E-state index in [1.54, 1.807) is 44.7 Å². The van der Waals surface area contributed by atoms with Crippen LogP contribution in [0.4, 0.5) is 0 Å². The number of methoxy groups -OCH3 is 2. The third kappa shape index (κ3) is 5.60. The number of H-pyrrole nitrogens is 1. The van der Waals surface area contributed by atoms with Crippen molar-refractivity contribution in [1.29, 1.82) is 0 Å². The molecule has 0 aliphatic rings. The Balaban J connectivity index is 1.38. The van der Waals surface area contributed by atoms with Gasteiger partial charge in [-0.2, -0.15) is 10.2 Å². The van der Waals surface area contributed by atoms with E-state index >= 15 is 0 Å². The standard InChI is InChI=1S/C26H24N4O4/c1-32-20-11-12-25(33-2)22(14-20)23-15-24(29-28-23)26(31)30-27-16-19-9-6-10-21(13-19)34-17-18-7-4-3-5-8-18/h3-16H,17H2,1-2H3,(H,28,29)(H,30,31). The smallest absolute Gasteiger partial charge is 0.289 e. The van der Waals surface area contributed by atoms with Crippen LogP contribution in [0.5, 0.6) is 17.2 Å². The lowest BCUT2D eigenvalue weighted by Gasteiger charge is -2.08. The molecule has 172 valence electrons. The van der Waals surface area contributed by atoms with Gasteiger partial charge in [-0.15, -0.1) is 0 Å². The molecule has 0 bridgehead atoms. The maximum Gasteiger partial charge on any atom is 0.289 e. The first-order valence-electron chi connectivity index (χ1n) is 10.5. The molecule has 34 heavy (non-hydrogen) atoms. The highest BCUT2D eigenvalue weighted by Crippen LogP contribution is 2.32. The van der Waals surface area contributed by atoms with Gasteiger partial charge in [0.2, 0.25) is 0 Å². The third-order valence-corrected chi connectivity index (χ3v) is 4.99. The number of nitrogens with zero attached hydrogens (tertiary/aromatic N) is 2. The lowest BCUT2D eigenvalue weighted by atomic mass is 10.1. The summed E-state index contributed by atoms with van der Waals surface area (Å²) >= 11 is 0. The van der Waals surface area contributed by atoms with Gasteiger partial charge in [-0.05, 0) is 47.5 Å². The molecule has 0 radical (unpaired) electrons. The maximum absolute atomic E-state index is 12.5. The van der Waals surface area contributed by atoms with Gasteiger partial charge in [0.05, 0.1) is 26.1 Å². The minimum atomic E-state index is -0.423. The molecule has 0 atom stereocenters. The molecule has 1 amide bonds. The minimum absolute atomic E-state index is 0.261. The molecule has 0 fully saturated rings. The van der Waals surface area contributed by atoms with Crippen LogP contribution in [0.1, 0.15) is 21.6 Å². The summed E-state index contributed by atoms with van der Waals surface area (Å²) in [7, 11) is 3.15. The summed E-state index contributed by atoms with van der Waals surface area (Å²) < 4.78 is 16.5. The van der Waals surface area contributed by atoms with Gasteiger partial charge in [-0.3, -0.25) is 9.89 Å². The fourth-order valence-electron chi connectivity index (χ4n) is 3.24. The number of carbonyl (C=O) groups is 1. The molecule has 0 spiro atoms. The topological polar surface area (TPSA) is 97.8 Å². The molecule has 4 aromatic rings. The summed E-state index contributed by atoms with van der Waals surface area (Å²) in [6, 6.07) is 24.4. The average Bonchev–Trinajstić information content (AvgIpc) is 3.38. The third-order valence-electron chi connectivity index (χ3n) is 4.99. The number of aromatic nitrogens is 2. The Labute approximate surface area is 197 Å². The molecular formula is C26H24N4O4. The van der Waals surface area contributed by atoms with Gasteiger partial charge in [0.25, 0.3) is 5.91 Å². The van der Waals surface area contributed by atoms with Crippen LogP contribution in [-0.2, 0) is 6.61 Å². The number of rotatable bonds is 9. The van der Waals surface area contributed by atoms with E-state index < -0.39 is 5.91 Å². The number of ether oxygens (including phenoxy) is 3. The van der Waals surface area contributed by atoms with E-state index in [-0.39, 0.29) is 5.69 Å². The second-order valence-electron chi connectivity index (χ2n) is 7.28. The Morgan fingerprint density at radius 2 is 1.82 bits per heavy atom. The summed E-state index contributed by atoms with van der Waals surface area (Å²) in [5.41, 5.74) is 5.89. The van der Waals surface area contributed by atoms with Gasteiger partial charge in [0.1, 0.15) is 29.5 Å². The van der Waals surface area contributed by atoms with Gasteiger partial charge >= 0.3 is 0 Å². The lowest BCUT2D eigenvalue weighted by molar-refractivity contribution is 0.0950. The molecule has 0 aliphatic carbocycles. The van der Waals surface area contributed by atoms with Crippen LogP contribution in [-0.4, -0.2) is 36.5 Å². The molecule has 1 heterocycles. The number of hydrazone groups is 1. The Kier molecular flexibility index (Phi) is 7.19. The molecule has 0 aliphatic heterocycles. The molecule has 4 rings (SSSR count). The molecule has 0 unspecified atom stereocenters. The first-order chi connectivity index (χ1) is 16.7. The largest absolute Gasteiger partial charge is 0.497 e. The highest BCUT2D eigenvalue weighted by atomic mass is 16.5. The second kappa shape index (κ2) is 10.8. The van der Waals surface area contributed by atoms with Gasteiger partial charge < -0.3 is 14.2 Å². The SMILES string of the molecule is COc1ccc(OC)c(-c2cc(C(=O)NN=Cc3cccc(OCc4ccccc4)c3)[nH]n2)c1. The van der Waals surface area contributed by atoms with Crippen molar-refractivity contribution >= 4 is 12.1 Å². The Bertz CT molecular complexity index is 1280. The maximum atomic E-state index is 12.5. The van der Waals surface area contributed by atoms with Gasteiger partial charge in [-0.1, -0.05) is 42.5 Å². The van der Waals surface area contributed by atoms with E-state index in [1.165, 1.54) is 0 Å². The van der Waals surface area contributed by atoms with Crippen molar-refractivity contribution in [2.24, 2.45) is 5.10 Å². The zero-order valence-electron chi connectivity index (χ0n) is 18.8. The highest BCUT2D eigenvalue weighted by Gasteiger charge is 2.14. The fourth-order valence-corrected chi connectivity index (χ4v) is 3.24. The van der Waals surface area contributed by atoms with E-state index in [2.05, 4.69) is 20.7 Å². The number of amides is 1. The van der Waals surface area contributed by atoms with Crippen LogP contribution < -0.4 is 19.6 Å². The Morgan fingerprint density at radius 1 is 0.971 bits per heavy atom. The van der Waals surface area contributed by atoms with Crippen molar-refractivity contribution < 1.29 is 19.0 Å². The Morgan fingerprint density at radius 3 is 2.62 bits per heavy atom. The molecule has 0 saturated carbocycles. The predicted molar refractivity (Wildman–Crippen MR) is 129 cm³/mol. The van der Waals surface area contributed by atoms with Crippen molar-refractivity contribution in [3.63, 3.8) is 0 Å². The monoisotopic (exact) mass is 456 g/mol. The molecule has 8 nitrogen and oxygen atoms in total. The molecule has 1 aromatic heterocycles. The fraction of sp³-hybridized carbons (Fsp3) is 0.115. The number of aromatic amines is 1. The summed E-state index contributed by atoms with van der Waals surface area (Å²) in [6.07, 6.45) is 1.55. The van der Waals surface area contributed by atoms with Crippen molar-refractivity contribution in [3.8, 4) is 28.5 Å². The van der Waals surface area contributed by atoms with Gasteiger partial charge in [0.15, 0.2) is 0 Å². The van der Waals surface area contributed by atoms with E-state index in [0.717, 1.165) is 11.1 Å². The van der Waals surface area contributed by atoms with Gasteiger partial charge in [0, 0.05) is 5.56 Å². The van der Waals surface area contributed by atoms with Crippen LogP contribution >= 0.6 is 0 Å². The normalized spacial score (nSPS) is 10.8. The first kappa shape index (κ1) is 22.6. The predicted octanol–water partition coefficient (Wildman–Crippen LogP) is 4.44. The summed E-state index contributed by atoms with van der Waals surface area (Å²) in [5, 5.41) is 11.0. The first-order valence-corrected chi connectivity index (χ1v) is 10.5. The number of carbonyl (C=O) groups excluding carboxylic acids is 1. The van der Waals surface area contributed by atoms with Crippen LogP contribution in [0.25, 0.3) is 11.3 Å². The van der Waals surface area contributed by atoms with Crippen molar-refractivity contribution in [1.82, 2.24) is 15.6 Å². The van der Waals surface area contributed by atoms with E-state index in [9.17, 15) is 4.79 Å². The molecular weight excluding hydrogens is 432 g/mol. The highest BCUT2D eigenvalue weighted by molar-refractivity contribution is 5.94. The molecule has 8 heteroatoms. The van der Waals surface area contributed by atoms with Crippen LogP contribution in [0.3, 0.4) is 0 Å². The van der Waals surface area contributed by atoms with E-state index in [0.29, 0.717) is 35.1 Å². The van der Waals surface area contributed by atoms with Crippen LogP contribution in [0, 0.1) is 0 Å². The van der Waals surface area contributed by atoms with Crippen molar-refractivity contribution in [2.75, 3.05) is 14.2 Å². The zero-order chi connectivity index (χ0) is 23.8. The number of nitrogens with one attached hydrogen (secondary N) is 2. The van der Waals surface area contributed by atoms with E-state index in [4.69, 9.17) is 14.2 Å². The lowest BCUT2D eigenvalue weighted by Crippen LogP contribution is -2.18. The Hall–Kier alpha value is -4.59. The summed E-state index contributed by atoms with van der Waals surface area (Å²) in [5.74, 6) is 1.56. The van der Waals surface area contributed by atoms with Crippen molar-refractivity contribution in [3.05, 3.63) is 95.7 Å². The van der Waals surface area contributed by atoms with Crippen LogP contribution in [0.15, 0.2) is 84.0 Å². The number of hydrogen-bond acceptors (Lipinski definition) is 6. The summed E-state index contributed by atoms with van der Waals surface area (Å²) in [4.78, 5) is 12.5. The van der Waals surface area contributed by atoms with Crippen molar-refractivity contribution in [2.45, 2.75) is 6.61 Å².